The van der Waals surface area contributed by atoms with Crippen molar-refractivity contribution in [1.29, 1.82) is 0 Å². The predicted molar refractivity (Wildman–Crippen MR) is 89.1 cm³/mol. The Kier molecular flexibility index (Phi) is 6.12. The van der Waals surface area contributed by atoms with Gasteiger partial charge >= 0.3 is 0 Å². The van der Waals surface area contributed by atoms with Crippen molar-refractivity contribution in [3.8, 4) is 0 Å². The SMILES string of the molecule is CC(CN)N(C)C(=O)C1CCN(S(=O)(=O)c2cc(F)ccc2F)CC1. The van der Waals surface area contributed by atoms with Crippen molar-refractivity contribution >= 4 is 15.9 Å². The first kappa shape index (κ1) is 19.7. The van der Waals surface area contributed by atoms with Crippen LogP contribution in [0.25, 0.3) is 0 Å². The summed E-state index contributed by atoms with van der Waals surface area (Å²) < 4.78 is 53.3. The number of benzene rings is 1. The molecule has 1 atom stereocenters. The van der Waals surface area contributed by atoms with Gasteiger partial charge in [0, 0.05) is 38.6 Å². The van der Waals surface area contributed by atoms with Crippen LogP contribution in [0.2, 0.25) is 0 Å². The number of carbonyl (C=O) groups is 1. The Labute approximate surface area is 146 Å². The molecule has 140 valence electrons. The summed E-state index contributed by atoms with van der Waals surface area (Å²) in [4.78, 5) is 13.3. The molecule has 2 N–H and O–H groups in total. The third-order valence-corrected chi connectivity index (χ3v) is 6.58. The Morgan fingerprint density at radius 3 is 2.52 bits per heavy atom. The lowest BCUT2D eigenvalue weighted by Gasteiger charge is -2.34. The van der Waals surface area contributed by atoms with Crippen molar-refractivity contribution < 1.29 is 22.0 Å². The molecule has 25 heavy (non-hydrogen) atoms. The van der Waals surface area contributed by atoms with E-state index >= 15 is 0 Å². The maximum atomic E-state index is 13.8. The van der Waals surface area contributed by atoms with Gasteiger partial charge in [-0.3, -0.25) is 4.79 Å². The minimum atomic E-state index is -4.13. The Morgan fingerprint density at radius 2 is 1.96 bits per heavy atom. The monoisotopic (exact) mass is 375 g/mol. The van der Waals surface area contributed by atoms with Gasteiger partial charge in [0.25, 0.3) is 0 Å². The number of nitrogens with zero attached hydrogens (tertiary/aromatic N) is 2. The van der Waals surface area contributed by atoms with Crippen LogP contribution < -0.4 is 5.73 Å². The van der Waals surface area contributed by atoms with Crippen LogP contribution in [-0.4, -0.2) is 56.3 Å². The number of rotatable bonds is 5. The second-order valence-corrected chi connectivity index (χ2v) is 8.19. The molecule has 1 heterocycles. The van der Waals surface area contributed by atoms with Gasteiger partial charge in [-0.25, -0.2) is 17.2 Å². The van der Waals surface area contributed by atoms with Gasteiger partial charge in [0.05, 0.1) is 0 Å². The summed E-state index contributed by atoms with van der Waals surface area (Å²) in [7, 11) is -2.46. The van der Waals surface area contributed by atoms with Crippen molar-refractivity contribution in [2.45, 2.75) is 30.7 Å². The number of halogens is 2. The molecule has 2 rings (SSSR count). The minimum Gasteiger partial charge on any atom is -0.342 e. The Bertz CT molecular complexity index is 734. The number of likely N-dealkylation sites (N-methyl/N-ethyl adjacent to an activating group) is 1. The number of hydrogen-bond acceptors (Lipinski definition) is 4. The van der Waals surface area contributed by atoms with Gasteiger partial charge in [0.2, 0.25) is 15.9 Å². The molecule has 1 aliphatic heterocycles. The Hall–Kier alpha value is -1.58. The molecule has 0 aromatic heterocycles. The van der Waals surface area contributed by atoms with Gasteiger partial charge in [-0.2, -0.15) is 4.31 Å². The first-order chi connectivity index (χ1) is 11.7. The second kappa shape index (κ2) is 7.76. The number of hydrogen-bond donors (Lipinski definition) is 1. The maximum Gasteiger partial charge on any atom is 0.246 e. The lowest BCUT2D eigenvalue weighted by atomic mass is 9.96. The molecule has 1 saturated heterocycles. The number of piperidine rings is 1. The molecule has 1 unspecified atom stereocenters. The Morgan fingerprint density at radius 1 is 1.36 bits per heavy atom. The number of carbonyl (C=O) groups excluding carboxylic acids is 1. The van der Waals surface area contributed by atoms with Gasteiger partial charge in [-0.15, -0.1) is 0 Å². The van der Waals surface area contributed by atoms with Crippen LogP contribution in [0.4, 0.5) is 8.78 Å². The van der Waals surface area contributed by atoms with Crippen LogP contribution in [-0.2, 0) is 14.8 Å². The molecule has 1 aliphatic rings. The molecule has 1 amide bonds. The average molecular weight is 375 g/mol. The molecule has 1 aromatic rings. The first-order valence-corrected chi connectivity index (χ1v) is 9.54. The first-order valence-electron chi connectivity index (χ1n) is 8.10. The van der Waals surface area contributed by atoms with Crippen LogP contribution in [0.15, 0.2) is 23.1 Å². The molecule has 0 bridgehead atoms. The molecule has 1 aromatic carbocycles. The van der Waals surface area contributed by atoms with E-state index in [2.05, 4.69) is 0 Å². The summed E-state index contributed by atoms with van der Waals surface area (Å²) >= 11 is 0. The van der Waals surface area contributed by atoms with E-state index in [0.29, 0.717) is 25.5 Å². The van der Waals surface area contributed by atoms with E-state index in [-0.39, 0.29) is 31.0 Å². The quantitative estimate of drug-likeness (QED) is 0.837. The van der Waals surface area contributed by atoms with Crippen molar-refractivity contribution in [1.82, 2.24) is 9.21 Å². The highest BCUT2D eigenvalue weighted by molar-refractivity contribution is 7.89. The predicted octanol–water partition coefficient (Wildman–Crippen LogP) is 1.17. The molecule has 6 nitrogen and oxygen atoms in total. The summed E-state index contributed by atoms with van der Waals surface area (Å²) in [5.41, 5.74) is 5.56. The minimum absolute atomic E-state index is 0.0769. The molecule has 0 aliphatic carbocycles. The fourth-order valence-electron chi connectivity index (χ4n) is 2.82. The fourth-order valence-corrected chi connectivity index (χ4v) is 4.37. The van der Waals surface area contributed by atoms with Crippen LogP contribution >= 0.6 is 0 Å². The van der Waals surface area contributed by atoms with E-state index in [1.807, 2.05) is 6.92 Å². The van der Waals surface area contributed by atoms with Crippen LogP contribution in [0.1, 0.15) is 19.8 Å². The molecule has 9 heteroatoms. The zero-order valence-corrected chi connectivity index (χ0v) is 15.1. The standard InChI is InChI=1S/C16H23F2N3O3S/c1-11(10-19)20(2)16(22)12-5-7-21(8-6-12)25(23,24)15-9-13(17)3-4-14(15)18/h3-4,9,11-12H,5-8,10,19H2,1-2H3. The second-order valence-electron chi connectivity index (χ2n) is 6.29. The highest BCUT2D eigenvalue weighted by Gasteiger charge is 2.35. The van der Waals surface area contributed by atoms with Crippen LogP contribution in [0.3, 0.4) is 0 Å². The average Bonchev–Trinajstić information content (AvgIpc) is 2.61. The van der Waals surface area contributed by atoms with Gasteiger partial charge in [0.1, 0.15) is 16.5 Å². The van der Waals surface area contributed by atoms with Crippen molar-refractivity contribution in [3.63, 3.8) is 0 Å². The molecular formula is C16H23F2N3O3S. The summed E-state index contributed by atoms with van der Waals surface area (Å²) in [5.74, 6) is -2.19. The maximum absolute atomic E-state index is 13.8. The number of nitrogens with two attached hydrogens (primary N) is 1. The van der Waals surface area contributed by atoms with Crippen LogP contribution in [0, 0.1) is 17.6 Å². The number of amides is 1. The van der Waals surface area contributed by atoms with E-state index < -0.39 is 26.6 Å². The normalized spacial score (nSPS) is 18.1. The summed E-state index contributed by atoms with van der Waals surface area (Å²) in [5, 5.41) is 0. The molecule has 0 spiro atoms. The zero-order chi connectivity index (χ0) is 18.8. The topological polar surface area (TPSA) is 83.7 Å². The fraction of sp³-hybridized carbons (Fsp3) is 0.562. The highest BCUT2D eigenvalue weighted by Crippen LogP contribution is 2.27. The Balaban J connectivity index is 2.09. The lowest BCUT2D eigenvalue weighted by molar-refractivity contribution is -0.137. The van der Waals surface area contributed by atoms with Crippen molar-refractivity contribution in [2.75, 3.05) is 26.7 Å². The van der Waals surface area contributed by atoms with Crippen LogP contribution in [0.5, 0.6) is 0 Å². The summed E-state index contributed by atoms with van der Waals surface area (Å²) in [6, 6.07) is 2.24. The van der Waals surface area contributed by atoms with Gasteiger partial charge in [0.15, 0.2) is 0 Å². The third-order valence-electron chi connectivity index (χ3n) is 4.66. The van der Waals surface area contributed by atoms with Gasteiger partial charge in [-0.05, 0) is 38.0 Å². The molecule has 1 fully saturated rings. The van der Waals surface area contributed by atoms with E-state index in [9.17, 15) is 22.0 Å². The van der Waals surface area contributed by atoms with Crippen molar-refractivity contribution in [3.05, 3.63) is 29.8 Å². The van der Waals surface area contributed by atoms with E-state index in [0.717, 1.165) is 16.4 Å². The largest absolute Gasteiger partial charge is 0.342 e. The van der Waals surface area contributed by atoms with Gasteiger partial charge in [-0.1, -0.05) is 0 Å². The smallest absolute Gasteiger partial charge is 0.246 e. The van der Waals surface area contributed by atoms with E-state index in [4.69, 9.17) is 5.73 Å². The van der Waals surface area contributed by atoms with Crippen molar-refractivity contribution in [2.24, 2.45) is 11.7 Å². The molecule has 0 saturated carbocycles. The summed E-state index contributed by atoms with van der Waals surface area (Å²) in [6.07, 6.45) is 0.660. The van der Waals surface area contributed by atoms with E-state index in [1.165, 1.54) is 0 Å². The molecule has 0 radical (unpaired) electrons. The molecular weight excluding hydrogens is 352 g/mol. The number of sulfonamides is 1. The summed E-state index contributed by atoms with van der Waals surface area (Å²) in [6.45, 7) is 2.34. The van der Waals surface area contributed by atoms with E-state index in [1.54, 1.807) is 11.9 Å². The van der Waals surface area contributed by atoms with Gasteiger partial charge < -0.3 is 10.6 Å². The highest BCUT2D eigenvalue weighted by atomic mass is 32.2. The third kappa shape index (κ3) is 4.16. The lowest BCUT2D eigenvalue weighted by Crippen LogP contribution is -2.47. The zero-order valence-electron chi connectivity index (χ0n) is 14.3.